The van der Waals surface area contributed by atoms with Crippen LogP contribution < -0.4 is 11.1 Å². The van der Waals surface area contributed by atoms with E-state index in [2.05, 4.69) is 18.3 Å². The number of anilines is 1. The lowest BCUT2D eigenvalue weighted by atomic mass is 9.55. The fourth-order valence-electron chi connectivity index (χ4n) is 7.40. The summed E-state index contributed by atoms with van der Waals surface area (Å²) >= 11 is 0. The van der Waals surface area contributed by atoms with E-state index in [4.69, 9.17) is 10.5 Å². The number of aryl methyl sites for hydroxylation is 2. The quantitative estimate of drug-likeness (QED) is 0.433. The van der Waals surface area contributed by atoms with E-state index in [0.29, 0.717) is 35.7 Å². The van der Waals surface area contributed by atoms with Crippen molar-refractivity contribution in [1.29, 1.82) is 0 Å². The number of rotatable bonds is 6. The number of primary amides is 1. The summed E-state index contributed by atoms with van der Waals surface area (Å²) in [4.78, 5) is 24.2. The van der Waals surface area contributed by atoms with Crippen LogP contribution in [0.15, 0.2) is 30.3 Å². The molecule has 2 amide bonds. The van der Waals surface area contributed by atoms with Crippen molar-refractivity contribution in [2.24, 2.45) is 23.0 Å². The maximum atomic E-state index is 12.6. The van der Waals surface area contributed by atoms with Crippen molar-refractivity contribution in [3.63, 3.8) is 0 Å². The number of ether oxygens (including phenoxy) is 1. The summed E-state index contributed by atoms with van der Waals surface area (Å²) in [6.45, 7) is 4.36. The molecule has 0 aromatic heterocycles. The van der Waals surface area contributed by atoms with Crippen molar-refractivity contribution in [2.45, 2.75) is 70.8 Å². The molecule has 2 fully saturated rings. The molecule has 0 radical (unpaired) electrons. The minimum absolute atomic E-state index is 0.0201. The predicted molar refractivity (Wildman–Crippen MR) is 137 cm³/mol. The van der Waals surface area contributed by atoms with E-state index in [1.165, 1.54) is 11.1 Å². The maximum Gasteiger partial charge on any atom is 0.252 e. The van der Waals surface area contributed by atoms with Crippen LogP contribution >= 0.6 is 0 Å². The van der Waals surface area contributed by atoms with Crippen molar-refractivity contribution < 1.29 is 24.5 Å². The molecule has 3 aliphatic carbocycles. The van der Waals surface area contributed by atoms with Crippen molar-refractivity contribution in [1.82, 2.24) is 0 Å². The Kier molecular flexibility index (Phi) is 6.45. The highest BCUT2D eigenvalue weighted by molar-refractivity contribution is 6.01. The molecule has 36 heavy (non-hydrogen) atoms. The van der Waals surface area contributed by atoms with Gasteiger partial charge in [-0.05, 0) is 104 Å². The number of hydrogen-bond donors (Lipinski definition) is 4. The summed E-state index contributed by atoms with van der Waals surface area (Å²) in [6.07, 6.45) is 6.86. The highest BCUT2D eigenvalue weighted by Gasteiger charge is 2.55. The second-order valence-corrected chi connectivity index (χ2v) is 11.1. The first-order valence-electron chi connectivity index (χ1n) is 13.0. The molecule has 0 spiro atoms. The van der Waals surface area contributed by atoms with Gasteiger partial charge in [0.2, 0.25) is 5.91 Å². The van der Waals surface area contributed by atoms with Gasteiger partial charge in [0.15, 0.2) is 5.75 Å². The Hall–Kier alpha value is -3.06. The number of carbonyl (C=O) groups is 2. The van der Waals surface area contributed by atoms with Crippen molar-refractivity contribution in [3.05, 3.63) is 52.6 Å². The van der Waals surface area contributed by atoms with Gasteiger partial charge in [0, 0.05) is 0 Å². The highest BCUT2D eigenvalue weighted by atomic mass is 16.5. The number of phenolic OH excluding ortho intramolecular Hbond substituents is 1. The van der Waals surface area contributed by atoms with E-state index in [0.717, 1.165) is 38.5 Å². The molecular formula is C29H36N2O5. The van der Waals surface area contributed by atoms with Gasteiger partial charge in [-0.1, -0.05) is 19.1 Å². The molecule has 0 aliphatic heterocycles. The Bertz CT molecular complexity index is 1190. The second kappa shape index (κ2) is 9.43. The van der Waals surface area contributed by atoms with Gasteiger partial charge in [-0.2, -0.15) is 0 Å². The summed E-state index contributed by atoms with van der Waals surface area (Å²) < 4.78 is 6.33. The minimum atomic E-state index is -0.734. The van der Waals surface area contributed by atoms with Gasteiger partial charge < -0.3 is 26.0 Å². The number of phenols is 2. The number of hydrogen-bond acceptors (Lipinski definition) is 5. The third-order valence-corrected chi connectivity index (χ3v) is 9.18. The van der Waals surface area contributed by atoms with Gasteiger partial charge in [-0.25, -0.2) is 0 Å². The van der Waals surface area contributed by atoms with Crippen LogP contribution in [0.4, 0.5) is 5.69 Å². The van der Waals surface area contributed by atoms with Gasteiger partial charge in [-0.3, -0.25) is 9.59 Å². The molecule has 5 rings (SSSR count). The minimum Gasteiger partial charge on any atom is -0.508 e. The van der Waals surface area contributed by atoms with Crippen LogP contribution in [0.2, 0.25) is 0 Å². The van der Waals surface area contributed by atoms with Gasteiger partial charge in [-0.15, -0.1) is 0 Å². The van der Waals surface area contributed by atoms with E-state index < -0.39 is 5.91 Å². The lowest BCUT2D eigenvalue weighted by molar-refractivity contribution is -0.119. The molecule has 2 saturated carbocycles. The smallest absolute Gasteiger partial charge is 0.252 e. The number of amides is 2. The van der Waals surface area contributed by atoms with E-state index >= 15 is 0 Å². The summed E-state index contributed by atoms with van der Waals surface area (Å²) in [5.74, 6) is 0.851. The topological polar surface area (TPSA) is 122 Å². The van der Waals surface area contributed by atoms with Crippen molar-refractivity contribution in [2.75, 3.05) is 11.9 Å². The van der Waals surface area contributed by atoms with E-state index in [1.807, 2.05) is 12.1 Å². The van der Waals surface area contributed by atoms with Crippen LogP contribution in [0.5, 0.6) is 11.5 Å². The third kappa shape index (κ3) is 4.23. The zero-order chi connectivity index (χ0) is 25.6. The van der Waals surface area contributed by atoms with Crippen LogP contribution in [0.3, 0.4) is 0 Å². The van der Waals surface area contributed by atoms with E-state index in [9.17, 15) is 19.8 Å². The monoisotopic (exact) mass is 492 g/mol. The molecular weight excluding hydrogens is 456 g/mol. The van der Waals surface area contributed by atoms with E-state index in [-0.39, 0.29) is 40.8 Å². The molecule has 3 unspecified atom stereocenters. The second-order valence-electron chi connectivity index (χ2n) is 11.1. The number of carbonyl (C=O) groups excluding carboxylic acids is 2. The van der Waals surface area contributed by atoms with Crippen molar-refractivity contribution in [3.8, 4) is 11.5 Å². The SMILES string of the molecule is Cc1ccc(NC(=O)CCO[C@@H]2CCC3C4CCc5cc(O)ccc5C4CC[C@]32C)c(O)c1C(N)=O. The predicted octanol–water partition coefficient (Wildman–Crippen LogP) is 4.78. The average molecular weight is 493 g/mol. The fourth-order valence-corrected chi connectivity index (χ4v) is 7.40. The molecule has 7 nitrogen and oxygen atoms in total. The summed E-state index contributed by atoms with van der Waals surface area (Å²) in [5.41, 5.74) is 8.95. The fraction of sp³-hybridized carbons (Fsp3) is 0.517. The number of nitrogens with one attached hydrogen (secondary N) is 1. The van der Waals surface area contributed by atoms with Gasteiger partial charge in [0.1, 0.15) is 5.75 Å². The first-order chi connectivity index (χ1) is 17.2. The van der Waals surface area contributed by atoms with Crippen LogP contribution in [0.25, 0.3) is 0 Å². The molecule has 2 aromatic carbocycles. The summed E-state index contributed by atoms with van der Waals surface area (Å²) in [5, 5.41) is 22.9. The summed E-state index contributed by atoms with van der Waals surface area (Å²) in [6, 6.07) is 9.11. The van der Waals surface area contributed by atoms with Crippen LogP contribution in [-0.4, -0.2) is 34.7 Å². The van der Waals surface area contributed by atoms with Gasteiger partial charge in [0.05, 0.1) is 30.4 Å². The van der Waals surface area contributed by atoms with Gasteiger partial charge in [0.25, 0.3) is 5.91 Å². The molecule has 7 heteroatoms. The maximum absolute atomic E-state index is 12.6. The standard InChI is InChI=1S/C29H36N2O5/c1-16-3-9-23(27(34)26(16)28(30)35)31-25(33)12-14-36-24-10-8-22-21-6-4-17-15-18(32)5-7-19(17)20(21)11-13-29(22,24)2/h3,5,7,9,15,20-22,24,32,34H,4,6,8,10-14H2,1-2H3,(H2,30,35)(H,31,33)/t20?,21?,22?,24-,29-/m1/s1. The molecule has 2 aromatic rings. The first-order valence-corrected chi connectivity index (χ1v) is 13.0. The number of fused-ring (bicyclic) bond motifs is 5. The van der Waals surface area contributed by atoms with Crippen molar-refractivity contribution >= 4 is 17.5 Å². The average Bonchev–Trinajstić information content (AvgIpc) is 3.16. The zero-order valence-corrected chi connectivity index (χ0v) is 21.0. The number of aromatic hydroxyl groups is 2. The number of benzene rings is 2. The molecule has 3 aliphatic rings. The molecule has 5 N–H and O–H groups in total. The number of nitrogens with two attached hydrogens (primary N) is 1. The molecule has 0 saturated heterocycles. The lowest BCUT2D eigenvalue weighted by Crippen LogP contribution is -2.44. The van der Waals surface area contributed by atoms with Crippen LogP contribution in [0.1, 0.15) is 78.4 Å². The third-order valence-electron chi connectivity index (χ3n) is 9.18. The first kappa shape index (κ1) is 24.6. The zero-order valence-electron chi connectivity index (χ0n) is 21.0. The Morgan fingerprint density at radius 3 is 2.72 bits per heavy atom. The van der Waals surface area contributed by atoms with Gasteiger partial charge >= 0.3 is 0 Å². The molecule has 192 valence electrons. The Balaban J connectivity index is 1.19. The molecule has 0 heterocycles. The Labute approximate surface area is 212 Å². The highest BCUT2D eigenvalue weighted by Crippen LogP contribution is 2.61. The largest absolute Gasteiger partial charge is 0.508 e. The Morgan fingerprint density at radius 2 is 1.94 bits per heavy atom. The normalized spacial score (nSPS) is 28.6. The summed E-state index contributed by atoms with van der Waals surface area (Å²) in [7, 11) is 0. The molecule has 0 bridgehead atoms. The van der Waals surface area contributed by atoms with E-state index in [1.54, 1.807) is 19.1 Å². The lowest BCUT2D eigenvalue weighted by Gasteiger charge is -2.50. The van der Waals surface area contributed by atoms with Crippen LogP contribution in [-0.2, 0) is 16.0 Å². The Morgan fingerprint density at radius 1 is 1.14 bits per heavy atom. The van der Waals surface area contributed by atoms with Crippen LogP contribution in [0, 0.1) is 24.2 Å². The molecule has 5 atom stereocenters.